The van der Waals surface area contributed by atoms with E-state index in [2.05, 4.69) is 5.32 Å². The Morgan fingerprint density at radius 2 is 1.84 bits per heavy atom. The van der Waals surface area contributed by atoms with Crippen molar-refractivity contribution in [3.05, 3.63) is 59.1 Å². The van der Waals surface area contributed by atoms with Crippen LogP contribution in [0, 0.1) is 6.92 Å². The van der Waals surface area contributed by atoms with Crippen LogP contribution in [0.3, 0.4) is 0 Å². The summed E-state index contributed by atoms with van der Waals surface area (Å²) in [5.74, 6) is 0.284. The molecule has 0 bridgehead atoms. The first kappa shape index (κ1) is 13.4. The molecule has 3 nitrogen and oxygen atoms in total. The fraction of sp³-hybridized carbons (Fsp3) is 0.133. The molecule has 0 fully saturated rings. The van der Waals surface area contributed by atoms with E-state index in [-0.39, 0.29) is 12.5 Å². The lowest BCUT2D eigenvalue weighted by molar-refractivity contribution is -0.118. The lowest BCUT2D eigenvalue weighted by Crippen LogP contribution is -2.20. The van der Waals surface area contributed by atoms with E-state index in [9.17, 15) is 4.79 Å². The molecular weight excluding hydrogens is 262 g/mol. The summed E-state index contributed by atoms with van der Waals surface area (Å²) in [5, 5.41) is 3.24. The molecule has 19 heavy (non-hydrogen) atoms. The largest absolute Gasteiger partial charge is 0.482 e. The molecule has 0 aliphatic heterocycles. The van der Waals surface area contributed by atoms with Crippen molar-refractivity contribution in [1.29, 1.82) is 0 Å². The maximum atomic E-state index is 11.7. The van der Waals surface area contributed by atoms with Crippen molar-refractivity contribution < 1.29 is 9.53 Å². The van der Waals surface area contributed by atoms with Crippen molar-refractivity contribution in [2.75, 3.05) is 11.9 Å². The van der Waals surface area contributed by atoms with E-state index in [1.54, 1.807) is 18.2 Å². The van der Waals surface area contributed by atoms with Gasteiger partial charge in [0.05, 0.1) is 5.02 Å². The van der Waals surface area contributed by atoms with Crippen LogP contribution in [0.1, 0.15) is 5.56 Å². The number of ether oxygens (including phenoxy) is 1. The Morgan fingerprint density at radius 1 is 1.16 bits per heavy atom. The number of amides is 1. The van der Waals surface area contributed by atoms with E-state index in [4.69, 9.17) is 16.3 Å². The summed E-state index contributed by atoms with van der Waals surface area (Å²) < 4.78 is 5.35. The Hall–Kier alpha value is -2.00. The second kappa shape index (κ2) is 6.25. The Balaban J connectivity index is 1.88. The Morgan fingerprint density at radius 3 is 2.53 bits per heavy atom. The van der Waals surface area contributed by atoms with Gasteiger partial charge >= 0.3 is 0 Å². The number of benzene rings is 2. The van der Waals surface area contributed by atoms with Crippen LogP contribution in [-0.4, -0.2) is 12.5 Å². The number of aryl methyl sites for hydroxylation is 1. The van der Waals surface area contributed by atoms with Crippen molar-refractivity contribution in [1.82, 2.24) is 0 Å². The number of halogens is 1. The summed E-state index contributed by atoms with van der Waals surface area (Å²) in [7, 11) is 0. The molecule has 0 unspecified atom stereocenters. The van der Waals surface area contributed by atoms with Gasteiger partial charge in [0.25, 0.3) is 5.91 Å². The highest BCUT2D eigenvalue weighted by atomic mass is 35.5. The standard InChI is InChI=1S/C15H14ClNO2/c1-11-6-8-12(9-7-11)17-15(18)10-19-14-5-3-2-4-13(14)16/h2-9H,10H2,1H3,(H,17,18). The third-order valence-electron chi connectivity index (χ3n) is 2.53. The normalized spacial score (nSPS) is 10.0. The summed E-state index contributed by atoms with van der Waals surface area (Å²) in [6.45, 7) is 1.92. The number of rotatable bonds is 4. The monoisotopic (exact) mass is 275 g/mol. The third kappa shape index (κ3) is 4.00. The van der Waals surface area contributed by atoms with E-state index in [0.29, 0.717) is 10.8 Å². The fourth-order valence-electron chi connectivity index (χ4n) is 1.54. The van der Waals surface area contributed by atoms with Gasteiger partial charge in [0.2, 0.25) is 0 Å². The fourth-order valence-corrected chi connectivity index (χ4v) is 1.73. The van der Waals surface area contributed by atoms with Gasteiger partial charge in [-0.1, -0.05) is 41.4 Å². The predicted molar refractivity (Wildman–Crippen MR) is 76.8 cm³/mol. The van der Waals surface area contributed by atoms with E-state index >= 15 is 0 Å². The highest BCUT2D eigenvalue weighted by Crippen LogP contribution is 2.22. The summed E-state index contributed by atoms with van der Waals surface area (Å²) in [6, 6.07) is 14.6. The van der Waals surface area contributed by atoms with Gasteiger partial charge in [-0.2, -0.15) is 0 Å². The Kier molecular flexibility index (Phi) is 4.42. The molecule has 2 rings (SSSR count). The molecule has 0 aliphatic rings. The minimum atomic E-state index is -0.219. The Labute approximate surface area is 117 Å². The van der Waals surface area contributed by atoms with Crippen LogP contribution in [0.15, 0.2) is 48.5 Å². The number of hydrogen-bond donors (Lipinski definition) is 1. The molecule has 1 N–H and O–H groups in total. The summed E-state index contributed by atoms with van der Waals surface area (Å²) in [5.41, 5.74) is 1.89. The van der Waals surface area contributed by atoms with Crippen molar-refractivity contribution in [3.8, 4) is 5.75 Å². The van der Waals surface area contributed by atoms with Crippen molar-refractivity contribution in [2.24, 2.45) is 0 Å². The van der Waals surface area contributed by atoms with Crippen molar-refractivity contribution in [2.45, 2.75) is 6.92 Å². The first-order valence-electron chi connectivity index (χ1n) is 5.89. The topological polar surface area (TPSA) is 38.3 Å². The molecule has 2 aromatic carbocycles. The van der Waals surface area contributed by atoms with Gasteiger partial charge in [0.1, 0.15) is 5.75 Å². The zero-order valence-corrected chi connectivity index (χ0v) is 11.3. The number of anilines is 1. The van der Waals surface area contributed by atoms with Gasteiger partial charge in [0, 0.05) is 5.69 Å². The molecule has 0 saturated carbocycles. The smallest absolute Gasteiger partial charge is 0.262 e. The van der Waals surface area contributed by atoms with Crippen LogP contribution in [0.4, 0.5) is 5.69 Å². The second-order valence-corrected chi connectivity index (χ2v) is 4.54. The molecule has 0 saturated heterocycles. The quantitative estimate of drug-likeness (QED) is 0.925. The number of hydrogen-bond acceptors (Lipinski definition) is 2. The average Bonchev–Trinajstić information content (AvgIpc) is 2.40. The first-order chi connectivity index (χ1) is 9.15. The molecule has 0 radical (unpaired) electrons. The van der Waals surface area contributed by atoms with Crippen LogP contribution in [0.5, 0.6) is 5.75 Å². The van der Waals surface area contributed by atoms with Gasteiger partial charge in [-0.3, -0.25) is 4.79 Å². The lowest BCUT2D eigenvalue weighted by Gasteiger charge is -2.08. The lowest BCUT2D eigenvalue weighted by atomic mass is 10.2. The molecule has 4 heteroatoms. The molecule has 98 valence electrons. The minimum absolute atomic E-state index is 0.0718. The number of carbonyl (C=O) groups excluding carboxylic acids is 1. The SMILES string of the molecule is Cc1ccc(NC(=O)COc2ccccc2Cl)cc1. The van der Waals surface area contributed by atoms with Crippen LogP contribution in [-0.2, 0) is 4.79 Å². The van der Waals surface area contributed by atoms with E-state index < -0.39 is 0 Å². The van der Waals surface area contributed by atoms with Gasteiger partial charge in [-0.05, 0) is 31.2 Å². The predicted octanol–water partition coefficient (Wildman–Crippen LogP) is 3.67. The van der Waals surface area contributed by atoms with Gasteiger partial charge in [-0.15, -0.1) is 0 Å². The minimum Gasteiger partial charge on any atom is -0.482 e. The van der Waals surface area contributed by atoms with Gasteiger partial charge < -0.3 is 10.1 Å². The molecular formula is C15H14ClNO2. The highest BCUT2D eigenvalue weighted by Gasteiger charge is 2.05. The summed E-state index contributed by atoms with van der Waals surface area (Å²) in [6.07, 6.45) is 0. The zero-order chi connectivity index (χ0) is 13.7. The van der Waals surface area contributed by atoms with Crippen LogP contribution in [0.25, 0.3) is 0 Å². The summed E-state index contributed by atoms with van der Waals surface area (Å²) in [4.78, 5) is 11.7. The Bertz CT molecular complexity index is 567. The molecule has 0 spiro atoms. The molecule has 0 aromatic heterocycles. The highest BCUT2D eigenvalue weighted by molar-refractivity contribution is 6.32. The molecule has 1 amide bonds. The molecule has 0 heterocycles. The summed E-state index contributed by atoms with van der Waals surface area (Å²) >= 11 is 5.93. The maximum absolute atomic E-state index is 11.7. The maximum Gasteiger partial charge on any atom is 0.262 e. The molecule has 0 aliphatic carbocycles. The van der Waals surface area contributed by atoms with Crippen LogP contribution in [0.2, 0.25) is 5.02 Å². The van der Waals surface area contributed by atoms with Gasteiger partial charge in [0.15, 0.2) is 6.61 Å². The number of nitrogens with one attached hydrogen (secondary N) is 1. The van der Waals surface area contributed by atoms with E-state index in [0.717, 1.165) is 11.3 Å². The third-order valence-corrected chi connectivity index (χ3v) is 2.84. The van der Waals surface area contributed by atoms with Crippen LogP contribution < -0.4 is 10.1 Å². The second-order valence-electron chi connectivity index (χ2n) is 4.13. The average molecular weight is 276 g/mol. The van der Waals surface area contributed by atoms with E-state index in [1.807, 2.05) is 37.3 Å². The van der Waals surface area contributed by atoms with Crippen LogP contribution >= 0.6 is 11.6 Å². The van der Waals surface area contributed by atoms with Gasteiger partial charge in [-0.25, -0.2) is 0 Å². The number of para-hydroxylation sites is 1. The molecule has 2 aromatic rings. The zero-order valence-electron chi connectivity index (χ0n) is 10.5. The van der Waals surface area contributed by atoms with Crippen molar-refractivity contribution in [3.63, 3.8) is 0 Å². The number of carbonyl (C=O) groups is 1. The van der Waals surface area contributed by atoms with Crippen molar-refractivity contribution >= 4 is 23.2 Å². The first-order valence-corrected chi connectivity index (χ1v) is 6.27. The molecule has 0 atom stereocenters. The van der Waals surface area contributed by atoms with E-state index in [1.165, 1.54) is 0 Å².